The van der Waals surface area contributed by atoms with Crippen LogP contribution in [0.1, 0.15) is 11.1 Å². The minimum Gasteiger partial charge on any atom is -0.395 e. The van der Waals surface area contributed by atoms with Gasteiger partial charge in [-0.1, -0.05) is 0 Å². The summed E-state index contributed by atoms with van der Waals surface area (Å²) in [6.07, 6.45) is 3.52. The van der Waals surface area contributed by atoms with Crippen LogP contribution < -0.4 is 0 Å². The molecule has 0 aliphatic carbocycles. The van der Waals surface area contributed by atoms with Crippen LogP contribution in [0, 0.1) is 13.8 Å². The van der Waals surface area contributed by atoms with E-state index in [4.69, 9.17) is 4.98 Å². The predicted octanol–water partition coefficient (Wildman–Crippen LogP) is 2.71. The Morgan fingerprint density at radius 1 is 1.10 bits per heavy atom. The highest BCUT2D eigenvalue weighted by Crippen LogP contribution is 2.26. The summed E-state index contributed by atoms with van der Waals surface area (Å²) in [5.41, 5.74) is 5.51. The highest BCUT2D eigenvalue weighted by atomic mass is 16.3. The van der Waals surface area contributed by atoms with Crippen LogP contribution in [-0.4, -0.2) is 26.2 Å². The van der Waals surface area contributed by atoms with Crippen LogP contribution in [0.25, 0.3) is 22.4 Å². The summed E-state index contributed by atoms with van der Waals surface area (Å²) in [4.78, 5) is 8.77. The molecule has 1 N–H and O–H groups in total. The van der Waals surface area contributed by atoms with Gasteiger partial charge < -0.3 is 9.67 Å². The van der Waals surface area contributed by atoms with Gasteiger partial charge in [0.25, 0.3) is 0 Å². The molecule has 1 aromatic carbocycles. The van der Waals surface area contributed by atoms with Crippen molar-refractivity contribution in [3.63, 3.8) is 0 Å². The first-order valence-corrected chi connectivity index (χ1v) is 6.69. The molecule has 0 fully saturated rings. The van der Waals surface area contributed by atoms with Gasteiger partial charge in [-0.25, -0.2) is 4.98 Å². The summed E-state index contributed by atoms with van der Waals surface area (Å²) < 4.78 is 2.07. The number of aryl methyl sites for hydroxylation is 2. The first-order valence-electron chi connectivity index (χ1n) is 6.69. The molecule has 3 aromatic rings. The van der Waals surface area contributed by atoms with Crippen LogP contribution in [0.3, 0.4) is 0 Å². The summed E-state index contributed by atoms with van der Waals surface area (Å²) in [5.74, 6) is 0.876. The van der Waals surface area contributed by atoms with Crippen LogP contribution in [0.4, 0.5) is 0 Å². The summed E-state index contributed by atoms with van der Waals surface area (Å²) in [6, 6.07) is 8.12. The average molecular weight is 267 g/mol. The Morgan fingerprint density at radius 2 is 1.80 bits per heavy atom. The third-order valence-corrected chi connectivity index (χ3v) is 3.63. The number of imidazole rings is 1. The van der Waals surface area contributed by atoms with Gasteiger partial charge >= 0.3 is 0 Å². The second-order valence-corrected chi connectivity index (χ2v) is 4.97. The van der Waals surface area contributed by atoms with Crippen molar-refractivity contribution in [3.05, 3.63) is 47.8 Å². The summed E-state index contributed by atoms with van der Waals surface area (Å²) in [6.45, 7) is 4.82. The van der Waals surface area contributed by atoms with E-state index in [2.05, 4.69) is 35.5 Å². The first kappa shape index (κ1) is 12.8. The summed E-state index contributed by atoms with van der Waals surface area (Å²) in [7, 11) is 0. The Hall–Kier alpha value is -2.20. The van der Waals surface area contributed by atoms with Gasteiger partial charge in [0.2, 0.25) is 0 Å². The molecule has 0 bridgehead atoms. The quantitative estimate of drug-likeness (QED) is 0.793. The summed E-state index contributed by atoms with van der Waals surface area (Å²) >= 11 is 0. The smallest absolute Gasteiger partial charge is 0.141 e. The third kappa shape index (κ3) is 2.08. The van der Waals surface area contributed by atoms with Crippen LogP contribution in [-0.2, 0) is 6.54 Å². The van der Waals surface area contributed by atoms with E-state index in [9.17, 15) is 5.11 Å². The van der Waals surface area contributed by atoms with E-state index in [1.807, 2.05) is 12.1 Å². The Bertz CT molecular complexity index is 747. The zero-order chi connectivity index (χ0) is 14.1. The lowest BCUT2D eigenvalue weighted by molar-refractivity contribution is 0.278. The molecule has 2 aromatic heterocycles. The topological polar surface area (TPSA) is 50.9 Å². The molecule has 4 nitrogen and oxygen atoms in total. The van der Waals surface area contributed by atoms with Crippen molar-refractivity contribution in [1.82, 2.24) is 14.5 Å². The first-order chi connectivity index (χ1) is 9.70. The van der Waals surface area contributed by atoms with Crippen molar-refractivity contribution in [1.29, 1.82) is 0 Å². The number of aliphatic hydroxyl groups is 1. The molecule has 0 radical (unpaired) electrons. The van der Waals surface area contributed by atoms with E-state index < -0.39 is 0 Å². The van der Waals surface area contributed by atoms with Gasteiger partial charge in [-0.05, 0) is 49.2 Å². The Labute approximate surface area is 117 Å². The van der Waals surface area contributed by atoms with Crippen LogP contribution in [0.5, 0.6) is 0 Å². The van der Waals surface area contributed by atoms with Gasteiger partial charge in [0.1, 0.15) is 5.82 Å². The number of aromatic nitrogens is 3. The highest BCUT2D eigenvalue weighted by Gasteiger charge is 2.13. The molecule has 20 heavy (non-hydrogen) atoms. The number of hydrogen-bond acceptors (Lipinski definition) is 3. The van der Waals surface area contributed by atoms with E-state index in [-0.39, 0.29) is 6.61 Å². The molecule has 0 amide bonds. The van der Waals surface area contributed by atoms with Crippen molar-refractivity contribution < 1.29 is 5.11 Å². The zero-order valence-corrected chi connectivity index (χ0v) is 11.7. The Balaban J connectivity index is 2.28. The normalized spacial score (nSPS) is 11.2. The van der Waals surface area contributed by atoms with E-state index in [0.717, 1.165) is 22.4 Å². The molecular formula is C16H17N3O. The third-order valence-electron chi connectivity index (χ3n) is 3.63. The number of nitrogens with zero attached hydrogens (tertiary/aromatic N) is 3. The molecule has 0 saturated heterocycles. The summed E-state index contributed by atoms with van der Waals surface area (Å²) in [5, 5.41) is 9.33. The highest BCUT2D eigenvalue weighted by molar-refractivity contribution is 5.82. The van der Waals surface area contributed by atoms with Crippen LogP contribution >= 0.6 is 0 Å². The van der Waals surface area contributed by atoms with E-state index in [0.29, 0.717) is 6.54 Å². The molecule has 0 atom stereocenters. The maximum Gasteiger partial charge on any atom is 0.141 e. The lowest BCUT2D eigenvalue weighted by Gasteiger charge is -2.08. The predicted molar refractivity (Wildman–Crippen MR) is 79.5 cm³/mol. The molecule has 4 heteroatoms. The lowest BCUT2D eigenvalue weighted by Crippen LogP contribution is -2.04. The number of pyridine rings is 1. The molecule has 0 unspecified atom stereocenters. The number of aliphatic hydroxyl groups excluding tert-OH is 1. The fraction of sp³-hybridized carbons (Fsp3) is 0.250. The van der Waals surface area contributed by atoms with Crippen LogP contribution in [0.2, 0.25) is 0 Å². The molecule has 102 valence electrons. The largest absolute Gasteiger partial charge is 0.395 e. The minimum absolute atomic E-state index is 0.0937. The van der Waals surface area contributed by atoms with E-state index in [1.165, 1.54) is 11.1 Å². The van der Waals surface area contributed by atoms with Gasteiger partial charge in [-0.2, -0.15) is 0 Å². The fourth-order valence-electron chi connectivity index (χ4n) is 2.43. The fourth-order valence-corrected chi connectivity index (χ4v) is 2.43. The van der Waals surface area contributed by atoms with E-state index >= 15 is 0 Å². The monoisotopic (exact) mass is 267 g/mol. The number of benzene rings is 1. The molecular weight excluding hydrogens is 250 g/mol. The van der Waals surface area contributed by atoms with Gasteiger partial charge in [-0.15, -0.1) is 0 Å². The van der Waals surface area contributed by atoms with Gasteiger partial charge in [0.15, 0.2) is 0 Å². The number of rotatable bonds is 3. The molecule has 0 aliphatic heterocycles. The van der Waals surface area contributed by atoms with Gasteiger partial charge in [0.05, 0.1) is 17.6 Å². The lowest BCUT2D eigenvalue weighted by atomic mass is 10.1. The number of hydrogen-bond donors (Lipinski definition) is 1. The second-order valence-electron chi connectivity index (χ2n) is 4.97. The standard InChI is InChI=1S/C16H17N3O/c1-11-9-14-15(10-12(11)2)19(7-8-20)16(18-14)13-3-5-17-6-4-13/h3-6,9-10,20H,7-8H2,1-2H3. The molecule has 2 heterocycles. The SMILES string of the molecule is Cc1cc2nc(-c3ccncc3)n(CCO)c2cc1C. The zero-order valence-electron chi connectivity index (χ0n) is 11.7. The molecule has 3 rings (SSSR count). The second kappa shape index (κ2) is 5.06. The van der Waals surface area contributed by atoms with Crippen molar-refractivity contribution in [3.8, 4) is 11.4 Å². The maximum atomic E-state index is 9.33. The van der Waals surface area contributed by atoms with Crippen molar-refractivity contribution in [2.75, 3.05) is 6.61 Å². The molecule has 0 aliphatic rings. The average Bonchev–Trinajstić information content (AvgIpc) is 2.79. The minimum atomic E-state index is 0.0937. The maximum absolute atomic E-state index is 9.33. The van der Waals surface area contributed by atoms with Crippen molar-refractivity contribution >= 4 is 11.0 Å². The Kier molecular flexibility index (Phi) is 3.24. The van der Waals surface area contributed by atoms with Crippen molar-refractivity contribution in [2.24, 2.45) is 0 Å². The molecule has 0 saturated carbocycles. The van der Waals surface area contributed by atoms with Crippen LogP contribution in [0.15, 0.2) is 36.7 Å². The van der Waals surface area contributed by atoms with Crippen molar-refractivity contribution in [2.45, 2.75) is 20.4 Å². The van der Waals surface area contributed by atoms with Gasteiger partial charge in [0, 0.05) is 24.5 Å². The van der Waals surface area contributed by atoms with Gasteiger partial charge in [-0.3, -0.25) is 4.98 Å². The number of fused-ring (bicyclic) bond motifs is 1. The Morgan fingerprint density at radius 3 is 2.50 bits per heavy atom. The van der Waals surface area contributed by atoms with E-state index in [1.54, 1.807) is 12.4 Å². The molecule has 0 spiro atoms.